The number of H-pyrrole nitrogens is 1. The van der Waals surface area contributed by atoms with Crippen molar-refractivity contribution in [2.24, 2.45) is 0 Å². The normalized spacial score (nSPS) is 17.1. The molecular formula is C30H32N8O3. The molecule has 1 fully saturated rings. The largest absolute Gasteiger partial charge is 0.445 e. The van der Waals surface area contributed by atoms with Crippen molar-refractivity contribution in [2.75, 3.05) is 11.9 Å². The Morgan fingerprint density at radius 3 is 2.73 bits per heavy atom. The molecule has 0 aliphatic carbocycles. The fourth-order valence-electron chi connectivity index (χ4n) is 5.29. The number of ether oxygens (including phenoxy) is 1. The number of hydrogen-bond acceptors (Lipinski definition) is 9. The molecule has 6 rings (SSSR count). The molecule has 0 unspecified atom stereocenters. The summed E-state index contributed by atoms with van der Waals surface area (Å²) in [7, 11) is 0. The van der Waals surface area contributed by atoms with Gasteiger partial charge in [-0.1, -0.05) is 35.5 Å². The third-order valence-electron chi connectivity index (χ3n) is 7.57. The van der Waals surface area contributed by atoms with Crippen molar-refractivity contribution in [3.63, 3.8) is 0 Å². The van der Waals surface area contributed by atoms with Crippen LogP contribution >= 0.6 is 0 Å². The van der Waals surface area contributed by atoms with Crippen molar-refractivity contribution in [3.05, 3.63) is 71.2 Å². The van der Waals surface area contributed by atoms with Gasteiger partial charge < -0.3 is 19.5 Å². The molecule has 4 aromatic heterocycles. The number of amides is 1. The minimum Gasteiger partial charge on any atom is -0.445 e. The van der Waals surface area contributed by atoms with E-state index in [0.29, 0.717) is 23.9 Å². The number of piperidine rings is 1. The van der Waals surface area contributed by atoms with Crippen LogP contribution in [0.1, 0.15) is 42.3 Å². The smallest absolute Gasteiger partial charge is 0.410 e. The number of aromatic amines is 1. The maximum atomic E-state index is 12.9. The quantitative estimate of drug-likeness (QED) is 0.276. The van der Waals surface area contributed by atoms with E-state index in [1.165, 1.54) is 0 Å². The van der Waals surface area contributed by atoms with E-state index in [2.05, 4.69) is 32.6 Å². The van der Waals surface area contributed by atoms with Gasteiger partial charge in [-0.3, -0.25) is 5.10 Å². The van der Waals surface area contributed by atoms with Crippen LogP contribution in [0.25, 0.3) is 33.7 Å². The predicted molar refractivity (Wildman–Crippen MR) is 154 cm³/mol. The summed E-state index contributed by atoms with van der Waals surface area (Å²) in [5.74, 6) is 1.21. The van der Waals surface area contributed by atoms with Gasteiger partial charge >= 0.3 is 6.09 Å². The van der Waals surface area contributed by atoms with E-state index < -0.39 is 0 Å². The first-order chi connectivity index (χ1) is 19.9. The molecule has 5 heterocycles. The fourth-order valence-corrected chi connectivity index (χ4v) is 5.29. The molecular weight excluding hydrogens is 520 g/mol. The zero-order chi connectivity index (χ0) is 28.5. The number of nitrogens with zero attached hydrogens (tertiary/aromatic N) is 6. The van der Waals surface area contributed by atoms with Gasteiger partial charge in [-0.25, -0.2) is 19.7 Å². The Labute approximate surface area is 237 Å². The Balaban J connectivity index is 1.19. The Bertz CT molecular complexity index is 1680. The van der Waals surface area contributed by atoms with Crippen molar-refractivity contribution in [1.82, 2.24) is 35.2 Å². The maximum absolute atomic E-state index is 12.9. The van der Waals surface area contributed by atoms with E-state index in [-0.39, 0.29) is 24.8 Å². The van der Waals surface area contributed by atoms with Gasteiger partial charge in [0.1, 0.15) is 12.4 Å². The molecule has 2 atom stereocenters. The molecule has 1 saturated heterocycles. The van der Waals surface area contributed by atoms with E-state index >= 15 is 0 Å². The molecule has 11 nitrogen and oxygen atoms in total. The monoisotopic (exact) mass is 552 g/mol. The molecule has 1 amide bonds. The fraction of sp³-hybridized carbons (Fsp3) is 0.333. The van der Waals surface area contributed by atoms with E-state index in [9.17, 15) is 4.79 Å². The Hall–Kier alpha value is -4.80. The van der Waals surface area contributed by atoms with Gasteiger partial charge in [0.2, 0.25) is 5.95 Å². The summed E-state index contributed by atoms with van der Waals surface area (Å²) in [6.45, 7) is 8.53. The molecule has 1 aliphatic rings. The first kappa shape index (κ1) is 26.4. The summed E-state index contributed by atoms with van der Waals surface area (Å²) >= 11 is 0. The highest BCUT2D eigenvalue weighted by atomic mass is 16.6. The minimum atomic E-state index is -0.314. The summed E-state index contributed by atoms with van der Waals surface area (Å²) in [5, 5.41) is 15.9. The molecule has 1 aromatic carbocycles. The number of fused-ring (bicyclic) bond motifs is 1. The molecule has 210 valence electrons. The molecule has 0 radical (unpaired) electrons. The first-order valence-corrected chi connectivity index (χ1v) is 13.7. The molecule has 41 heavy (non-hydrogen) atoms. The number of likely N-dealkylation sites (tertiary alicyclic amines) is 1. The molecule has 0 bridgehead atoms. The first-order valence-electron chi connectivity index (χ1n) is 13.7. The summed E-state index contributed by atoms with van der Waals surface area (Å²) in [6, 6.07) is 13.7. The number of aryl methyl sites for hydroxylation is 3. The summed E-state index contributed by atoms with van der Waals surface area (Å²) in [5.41, 5.74) is 6.36. The van der Waals surface area contributed by atoms with Crippen LogP contribution in [0.5, 0.6) is 0 Å². The number of rotatable bonds is 6. The highest BCUT2D eigenvalue weighted by Gasteiger charge is 2.30. The number of aromatic nitrogens is 6. The lowest BCUT2D eigenvalue weighted by Crippen LogP contribution is -2.50. The topological polar surface area (TPSA) is 135 Å². The van der Waals surface area contributed by atoms with Gasteiger partial charge in [0.25, 0.3) is 0 Å². The van der Waals surface area contributed by atoms with Crippen molar-refractivity contribution in [3.8, 4) is 22.6 Å². The second kappa shape index (κ2) is 11.0. The molecule has 2 N–H and O–H groups in total. The van der Waals surface area contributed by atoms with E-state index in [4.69, 9.17) is 19.2 Å². The molecule has 1 aliphatic heterocycles. The third-order valence-corrected chi connectivity index (χ3v) is 7.57. The van der Waals surface area contributed by atoms with Crippen LogP contribution in [0.3, 0.4) is 0 Å². The zero-order valence-electron chi connectivity index (χ0n) is 23.5. The van der Waals surface area contributed by atoms with E-state index in [0.717, 1.165) is 57.7 Å². The Morgan fingerprint density at radius 1 is 1.12 bits per heavy atom. The molecule has 0 spiro atoms. The van der Waals surface area contributed by atoms with E-state index in [1.54, 1.807) is 11.1 Å². The Kier molecular flexibility index (Phi) is 7.08. The number of carbonyl (C=O) groups excluding carboxylic acids is 1. The average Bonchev–Trinajstić information content (AvgIpc) is 3.55. The Morgan fingerprint density at radius 2 is 1.95 bits per heavy atom. The standard InChI is InChI=1S/C30H32N8O3/c1-17-14-31-29(32-22-11-10-18(2)38(15-22)30(39)40-16-21-8-6-5-7-9-21)34-26(17)27-23-12-13-24(33-28(23)36-35-27)25-19(3)37-41-20(25)4/h5-9,12-14,18,22H,10-11,15-16H2,1-4H3,(H,31,32,34)(H,33,35,36)/t18-,22-/m1/s1. The van der Waals surface area contributed by atoms with Gasteiger partial charge in [-0.15, -0.1) is 0 Å². The van der Waals surface area contributed by atoms with Gasteiger partial charge in [-0.05, 0) is 63.8 Å². The lowest BCUT2D eigenvalue weighted by atomic mass is 10.00. The highest BCUT2D eigenvalue weighted by Crippen LogP contribution is 2.31. The molecule has 11 heteroatoms. The number of benzene rings is 1. The summed E-state index contributed by atoms with van der Waals surface area (Å²) < 4.78 is 10.9. The number of nitrogens with one attached hydrogen (secondary N) is 2. The van der Waals surface area contributed by atoms with Crippen LogP contribution in [0, 0.1) is 20.8 Å². The summed E-state index contributed by atoms with van der Waals surface area (Å²) in [4.78, 5) is 28.8. The lowest BCUT2D eigenvalue weighted by Gasteiger charge is -2.37. The maximum Gasteiger partial charge on any atom is 0.410 e. The van der Waals surface area contributed by atoms with E-state index in [1.807, 2.05) is 63.2 Å². The van der Waals surface area contributed by atoms with Crippen molar-refractivity contribution >= 4 is 23.1 Å². The second-order valence-electron chi connectivity index (χ2n) is 10.6. The molecule has 5 aromatic rings. The number of anilines is 1. The van der Waals surface area contributed by atoms with Crippen molar-refractivity contribution in [1.29, 1.82) is 0 Å². The number of carbonyl (C=O) groups is 1. The SMILES string of the molecule is Cc1cnc(N[C@@H]2CC[C@@H](C)N(C(=O)OCc3ccccc3)C2)nc1-c1[nH]nc2nc(-c3c(C)noc3C)ccc12. The second-order valence-corrected chi connectivity index (χ2v) is 10.6. The lowest BCUT2D eigenvalue weighted by molar-refractivity contribution is 0.0695. The van der Waals surface area contributed by atoms with Gasteiger partial charge in [-0.2, -0.15) is 5.10 Å². The number of hydrogen-bond donors (Lipinski definition) is 2. The average molecular weight is 553 g/mol. The van der Waals surface area contributed by atoms with Gasteiger partial charge in [0.15, 0.2) is 5.65 Å². The van der Waals surface area contributed by atoms with Crippen LogP contribution in [0.2, 0.25) is 0 Å². The molecule has 0 saturated carbocycles. The van der Waals surface area contributed by atoms with Gasteiger partial charge in [0.05, 0.1) is 28.3 Å². The van der Waals surface area contributed by atoms with Crippen LogP contribution in [-0.2, 0) is 11.3 Å². The van der Waals surface area contributed by atoms with Crippen LogP contribution in [-0.4, -0.2) is 59.9 Å². The zero-order valence-corrected chi connectivity index (χ0v) is 23.5. The van der Waals surface area contributed by atoms with Crippen molar-refractivity contribution in [2.45, 2.75) is 59.2 Å². The highest BCUT2D eigenvalue weighted by molar-refractivity contribution is 5.92. The van der Waals surface area contributed by atoms with Gasteiger partial charge in [0, 0.05) is 30.2 Å². The number of pyridine rings is 1. The summed E-state index contributed by atoms with van der Waals surface area (Å²) in [6.07, 6.45) is 3.21. The third kappa shape index (κ3) is 5.34. The van der Waals surface area contributed by atoms with Crippen molar-refractivity contribution < 1.29 is 14.1 Å². The minimum absolute atomic E-state index is 0.0104. The van der Waals surface area contributed by atoms with Crippen LogP contribution < -0.4 is 5.32 Å². The predicted octanol–water partition coefficient (Wildman–Crippen LogP) is 5.60. The van der Waals surface area contributed by atoms with Crippen LogP contribution in [0.15, 0.2) is 53.2 Å². The van der Waals surface area contributed by atoms with Crippen LogP contribution in [0.4, 0.5) is 10.7 Å².